The molecule has 92 valence electrons. The normalized spacial score (nSPS) is 14.5. The fourth-order valence-corrected chi connectivity index (χ4v) is 4.65. The first-order valence-electron chi connectivity index (χ1n) is 6.40. The van der Waals surface area contributed by atoms with Crippen molar-refractivity contribution in [3.8, 4) is 0 Å². The molecule has 1 aliphatic carbocycles. The molecule has 19 heavy (non-hydrogen) atoms. The Hall–Kier alpha value is -1.87. The summed E-state index contributed by atoms with van der Waals surface area (Å²) >= 11 is 0. The van der Waals surface area contributed by atoms with Crippen LogP contribution in [0.15, 0.2) is 83.9 Å². The van der Waals surface area contributed by atoms with E-state index in [-0.39, 0.29) is 0 Å². The van der Waals surface area contributed by atoms with E-state index < -0.39 is 7.92 Å². The van der Waals surface area contributed by atoms with Crippen molar-refractivity contribution >= 4 is 18.5 Å². The number of benzene rings is 2. The lowest BCUT2D eigenvalue weighted by Crippen LogP contribution is -2.14. The summed E-state index contributed by atoms with van der Waals surface area (Å²) in [5.41, 5.74) is 4.74. The van der Waals surface area contributed by atoms with Gasteiger partial charge in [-0.05, 0) is 43.2 Å². The molecule has 0 bridgehead atoms. The zero-order chi connectivity index (χ0) is 13.1. The predicted molar refractivity (Wildman–Crippen MR) is 84.5 cm³/mol. The van der Waals surface area contributed by atoms with E-state index in [0.29, 0.717) is 0 Å². The van der Waals surface area contributed by atoms with Crippen LogP contribution in [0, 0.1) is 6.92 Å². The Kier molecular flexibility index (Phi) is 3.47. The van der Waals surface area contributed by atoms with E-state index in [1.165, 1.54) is 21.5 Å². The molecule has 0 saturated carbocycles. The molecule has 1 aliphatic rings. The van der Waals surface area contributed by atoms with Crippen LogP contribution in [0.5, 0.6) is 0 Å². The number of allylic oxidation sites excluding steroid dienone is 3. The van der Waals surface area contributed by atoms with E-state index in [1.54, 1.807) is 0 Å². The lowest BCUT2D eigenvalue weighted by molar-refractivity contribution is 1.52. The molecule has 0 saturated heterocycles. The monoisotopic (exact) mass is 262 g/mol. The Morgan fingerprint density at radius 3 is 2.32 bits per heavy atom. The summed E-state index contributed by atoms with van der Waals surface area (Å²) in [7, 11) is -0.485. The fraction of sp³-hybridized carbons (Fsp3) is 0.0556. The van der Waals surface area contributed by atoms with Crippen molar-refractivity contribution in [3.05, 3.63) is 89.4 Å². The first-order chi connectivity index (χ1) is 9.36. The van der Waals surface area contributed by atoms with Crippen molar-refractivity contribution in [2.45, 2.75) is 6.92 Å². The molecular formula is C18H15P. The van der Waals surface area contributed by atoms with Crippen LogP contribution >= 0.6 is 7.92 Å². The highest BCUT2D eigenvalue weighted by molar-refractivity contribution is 7.77. The maximum atomic E-state index is 3.39. The second-order valence-electron chi connectivity index (χ2n) is 4.51. The molecule has 2 aromatic carbocycles. The molecule has 0 amide bonds. The van der Waals surface area contributed by atoms with Gasteiger partial charge in [0.1, 0.15) is 0 Å². The molecular weight excluding hydrogens is 247 g/mol. The molecule has 0 aromatic heterocycles. The Balaban J connectivity index is 2.16. The number of rotatable bonds is 3. The van der Waals surface area contributed by atoms with Gasteiger partial charge < -0.3 is 0 Å². The topological polar surface area (TPSA) is 0 Å². The summed E-state index contributed by atoms with van der Waals surface area (Å²) < 4.78 is 0. The summed E-state index contributed by atoms with van der Waals surface area (Å²) in [5, 5.41) is 4.11. The average molecular weight is 262 g/mol. The molecule has 0 spiro atoms. The molecule has 0 aliphatic heterocycles. The van der Waals surface area contributed by atoms with Gasteiger partial charge in [0.2, 0.25) is 0 Å². The zero-order valence-corrected chi connectivity index (χ0v) is 11.8. The maximum Gasteiger partial charge on any atom is 0.0265 e. The number of hydrogen-bond donors (Lipinski definition) is 0. The van der Waals surface area contributed by atoms with Gasteiger partial charge in [0, 0.05) is 5.31 Å². The summed E-state index contributed by atoms with van der Waals surface area (Å²) in [4.78, 5) is 0. The third kappa shape index (κ3) is 2.47. The highest BCUT2D eigenvalue weighted by Gasteiger charge is 2.19. The summed E-state index contributed by atoms with van der Waals surface area (Å²) in [5.74, 6) is 0. The van der Waals surface area contributed by atoms with Crippen LogP contribution in [0.25, 0.3) is 0 Å². The quantitative estimate of drug-likeness (QED) is 0.578. The minimum atomic E-state index is -0.485. The second-order valence-corrected chi connectivity index (χ2v) is 6.66. The maximum absolute atomic E-state index is 3.39. The van der Waals surface area contributed by atoms with Crippen LogP contribution in [0.1, 0.15) is 5.56 Å². The molecule has 3 rings (SSSR count). The van der Waals surface area contributed by atoms with Gasteiger partial charge in [0.05, 0.1) is 0 Å². The standard InChI is InChI=1S/C18H15P/c1-15-9-5-8-14-18(15)19(17-12-6-7-13-17)16-10-3-2-4-11-16/h2-12,14H,1H3. The van der Waals surface area contributed by atoms with E-state index in [1.807, 2.05) is 6.08 Å². The largest absolute Gasteiger partial charge is 0.112 e. The number of hydrogen-bond acceptors (Lipinski definition) is 0. The SMILES string of the molecule is Cc1ccccc1P(C1=C=CC=C1)c1ccccc1. The van der Waals surface area contributed by atoms with Crippen LogP contribution in [-0.4, -0.2) is 0 Å². The Morgan fingerprint density at radius 2 is 1.63 bits per heavy atom. The highest BCUT2D eigenvalue weighted by atomic mass is 31.1. The first-order valence-corrected chi connectivity index (χ1v) is 7.74. The molecule has 0 N–H and O–H groups in total. The third-order valence-corrected chi connectivity index (χ3v) is 5.75. The van der Waals surface area contributed by atoms with E-state index in [0.717, 1.165) is 0 Å². The molecule has 0 heterocycles. The van der Waals surface area contributed by atoms with Crippen molar-refractivity contribution in [1.29, 1.82) is 0 Å². The highest BCUT2D eigenvalue weighted by Crippen LogP contribution is 2.44. The van der Waals surface area contributed by atoms with Crippen LogP contribution < -0.4 is 10.6 Å². The van der Waals surface area contributed by atoms with Gasteiger partial charge in [-0.2, -0.15) is 0 Å². The minimum absolute atomic E-state index is 0.485. The third-order valence-electron chi connectivity index (χ3n) is 3.19. The van der Waals surface area contributed by atoms with E-state index >= 15 is 0 Å². The Bertz CT molecular complexity index is 674. The molecule has 1 unspecified atom stereocenters. The Morgan fingerprint density at radius 1 is 0.895 bits per heavy atom. The van der Waals surface area contributed by atoms with Gasteiger partial charge in [0.15, 0.2) is 0 Å². The summed E-state index contributed by atoms with van der Waals surface area (Å²) in [6.07, 6.45) is 6.27. The summed E-state index contributed by atoms with van der Waals surface area (Å²) in [6.45, 7) is 2.19. The van der Waals surface area contributed by atoms with E-state index in [2.05, 4.69) is 79.4 Å². The molecule has 0 radical (unpaired) electrons. The van der Waals surface area contributed by atoms with Gasteiger partial charge in [0.25, 0.3) is 0 Å². The van der Waals surface area contributed by atoms with E-state index in [4.69, 9.17) is 0 Å². The predicted octanol–water partition coefficient (Wildman–Crippen LogP) is 4.04. The number of aryl methyl sites for hydroxylation is 1. The zero-order valence-electron chi connectivity index (χ0n) is 10.9. The Labute approximate surface area is 115 Å². The first kappa shape index (κ1) is 12.2. The second kappa shape index (κ2) is 5.41. The molecule has 2 aromatic rings. The average Bonchev–Trinajstić information content (AvgIpc) is 2.96. The molecule has 1 atom stereocenters. The van der Waals surface area contributed by atoms with Crippen molar-refractivity contribution in [2.75, 3.05) is 0 Å². The molecule has 0 fully saturated rings. The van der Waals surface area contributed by atoms with Gasteiger partial charge >= 0.3 is 0 Å². The lowest BCUT2D eigenvalue weighted by Gasteiger charge is -2.20. The van der Waals surface area contributed by atoms with Gasteiger partial charge in [-0.15, -0.1) is 5.73 Å². The van der Waals surface area contributed by atoms with Crippen molar-refractivity contribution < 1.29 is 0 Å². The van der Waals surface area contributed by atoms with Crippen molar-refractivity contribution in [3.63, 3.8) is 0 Å². The smallest absolute Gasteiger partial charge is 0.0265 e. The van der Waals surface area contributed by atoms with Crippen LogP contribution in [0.2, 0.25) is 0 Å². The van der Waals surface area contributed by atoms with Gasteiger partial charge in [-0.1, -0.05) is 60.7 Å². The van der Waals surface area contributed by atoms with Crippen molar-refractivity contribution in [2.24, 2.45) is 0 Å². The molecule has 0 nitrogen and oxygen atoms in total. The minimum Gasteiger partial charge on any atom is -0.112 e. The van der Waals surface area contributed by atoms with Crippen LogP contribution in [0.3, 0.4) is 0 Å². The summed E-state index contributed by atoms with van der Waals surface area (Å²) in [6, 6.07) is 19.4. The van der Waals surface area contributed by atoms with Gasteiger partial charge in [-0.25, -0.2) is 0 Å². The molecule has 1 heteroatoms. The lowest BCUT2D eigenvalue weighted by atomic mass is 10.2. The van der Waals surface area contributed by atoms with Crippen molar-refractivity contribution in [1.82, 2.24) is 0 Å². The van der Waals surface area contributed by atoms with E-state index in [9.17, 15) is 0 Å². The fourth-order valence-electron chi connectivity index (χ4n) is 2.26. The van der Waals surface area contributed by atoms with Gasteiger partial charge in [-0.3, -0.25) is 0 Å². The van der Waals surface area contributed by atoms with Crippen LogP contribution in [0.4, 0.5) is 0 Å². The van der Waals surface area contributed by atoms with Crippen LogP contribution in [-0.2, 0) is 0 Å².